The lowest BCUT2D eigenvalue weighted by molar-refractivity contribution is 0.107. The molecule has 24 heavy (non-hydrogen) atoms. The van der Waals surface area contributed by atoms with Crippen molar-refractivity contribution in [3.63, 3.8) is 0 Å². The number of urea groups is 1. The second kappa shape index (κ2) is 7.75. The molecule has 6 nitrogen and oxygen atoms in total. The first-order chi connectivity index (χ1) is 11.7. The quantitative estimate of drug-likeness (QED) is 0.896. The average molecular weight is 333 g/mol. The van der Waals surface area contributed by atoms with Crippen molar-refractivity contribution in [3.05, 3.63) is 24.3 Å². The molecule has 0 spiro atoms. The highest BCUT2D eigenvalue weighted by Gasteiger charge is 2.27. The SMILES string of the molecule is CCN1C[C@@H](CN(C)C(=O)NC[C@H]2CCCO2)Oc2ccccc21. The third-order valence-electron chi connectivity index (χ3n) is 4.63. The van der Waals surface area contributed by atoms with Crippen LogP contribution < -0.4 is 15.0 Å². The predicted molar refractivity (Wildman–Crippen MR) is 93.7 cm³/mol. The number of carbonyl (C=O) groups is 1. The van der Waals surface area contributed by atoms with Crippen molar-refractivity contribution in [2.24, 2.45) is 0 Å². The first-order valence-electron chi connectivity index (χ1n) is 8.78. The van der Waals surface area contributed by atoms with Gasteiger partial charge in [0, 0.05) is 26.7 Å². The molecule has 0 aromatic heterocycles. The van der Waals surface area contributed by atoms with E-state index >= 15 is 0 Å². The number of anilines is 1. The number of nitrogens with zero attached hydrogens (tertiary/aromatic N) is 2. The van der Waals surface area contributed by atoms with Crippen LogP contribution in [0.1, 0.15) is 19.8 Å². The van der Waals surface area contributed by atoms with Crippen LogP contribution in [0.2, 0.25) is 0 Å². The lowest BCUT2D eigenvalue weighted by Gasteiger charge is -2.37. The van der Waals surface area contributed by atoms with Gasteiger partial charge >= 0.3 is 6.03 Å². The Balaban J connectivity index is 1.52. The van der Waals surface area contributed by atoms with E-state index in [1.807, 2.05) is 25.2 Å². The molecule has 0 unspecified atom stereocenters. The number of amides is 2. The van der Waals surface area contributed by atoms with E-state index in [4.69, 9.17) is 9.47 Å². The van der Waals surface area contributed by atoms with Gasteiger partial charge in [-0.1, -0.05) is 12.1 Å². The maximum absolute atomic E-state index is 12.3. The molecule has 1 N–H and O–H groups in total. The monoisotopic (exact) mass is 333 g/mol. The van der Waals surface area contributed by atoms with Crippen molar-refractivity contribution in [2.75, 3.05) is 44.7 Å². The smallest absolute Gasteiger partial charge is 0.317 e. The van der Waals surface area contributed by atoms with Crippen LogP contribution in [-0.4, -0.2) is 63.0 Å². The molecule has 1 aromatic rings. The van der Waals surface area contributed by atoms with E-state index in [9.17, 15) is 4.79 Å². The van der Waals surface area contributed by atoms with E-state index in [2.05, 4.69) is 23.2 Å². The summed E-state index contributed by atoms with van der Waals surface area (Å²) in [4.78, 5) is 16.2. The van der Waals surface area contributed by atoms with Gasteiger partial charge in [0.1, 0.15) is 11.9 Å². The molecule has 3 rings (SSSR count). The highest BCUT2D eigenvalue weighted by Crippen LogP contribution is 2.32. The van der Waals surface area contributed by atoms with Crippen molar-refractivity contribution in [3.8, 4) is 5.75 Å². The molecule has 2 amide bonds. The van der Waals surface area contributed by atoms with E-state index in [1.54, 1.807) is 4.90 Å². The molecule has 1 fully saturated rings. The zero-order valence-electron chi connectivity index (χ0n) is 14.5. The summed E-state index contributed by atoms with van der Waals surface area (Å²) in [6.45, 7) is 5.79. The highest BCUT2D eigenvalue weighted by molar-refractivity contribution is 5.74. The summed E-state index contributed by atoms with van der Waals surface area (Å²) in [6.07, 6.45) is 2.24. The van der Waals surface area contributed by atoms with E-state index in [0.717, 1.165) is 44.0 Å². The van der Waals surface area contributed by atoms with Crippen LogP contribution in [0.15, 0.2) is 24.3 Å². The number of fused-ring (bicyclic) bond motifs is 1. The number of benzene rings is 1. The predicted octanol–water partition coefficient (Wildman–Crippen LogP) is 2.09. The van der Waals surface area contributed by atoms with Gasteiger partial charge in [-0.2, -0.15) is 0 Å². The fourth-order valence-electron chi connectivity index (χ4n) is 3.30. The van der Waals surface area contributed by atoms with Crippen LogP contribution in [0.25, 0.3) is 0 Å². The number of rotatable bonds is 5. The third kappa shape index (κ3) is 3.93. The van der Waals surface area contributed by atoms with Gasteiger partial charge in [0.25, 0.3) is 0 Å². The first kappa shape index (κ1) is 16.9. The molecular formula is C18H27N3O3. The summed E-state index contributed by atoms with van der Waals surface area (Å²) in [5.74, 6) is 0.892. The topological polar surface area (TPSA) is 54.0 Å². The van der Waals surface area contributed by atoms with Gasteiger partial charge in [0.2, 0.25) is 0 Å². The largest absolute Gasteiger partial charge is 0.485 e. The number of hydrogen-bond acceptors (Lipinski definition) is 4. The zero-order chi connectivity index (χ0) is 16.9. The van der Waals surface area contributed by atoms with Crippen molar-refractivity contribution in [2.45, 2.75) is 32.0 Å². The summed E-state index contributed by atoms with van der Waals surface area (Å²) >= 11 is 0. The Bertz CT molecular complexity index is 560. The van der Waals surface area contributed by atoms with Gasteiger partial charge in [-0.3, -0.25) is 0 Å². The molecule has 2 heterocycles. The molecule has 0 saturated carbocycles. The van der Waals surface area contributed by atoms with Gasteiger partial charge in [0.05, 0.1) is 24.9 Å². The number of para-hydroxylation sites is 2. The summed E-state index contributed by atoms with van der Waals surface area (Å²) in [7, 11) is 1.81. The lowest BCUT2D eigenvalue weighted by Crippen LogP contribution is -2.49. The van der Waals surface area contributed by atoms with E-state index < -0.39 is 0 Å². The average Bonchev–Trinajstić information content (AvgIpc) is 3.12. The molecule has 0 radical (unpaired) electrons. The molecule has 2 aliphatic rings. The van der Waals surface area contributed by atoms with Gasteiger partial charge < -0.3 is 24.6 Å². The van der Waals surface area contributed by atoms with Crippen LogP contribution >= 0.6 is 0 Å². The Kier molecular flexibility index (Phi) is 5.45. The van der Waals surface area contributed by atoms with Crippen LogP contribution in [0.5, 0.6) is 5.75 Å². The van der Waals surface area contributed by atoms with E-state index in [0.29, 0.717) is 13.1 Å². The summed E-state index contributed by atoms with van der Waals surface area (Å²) in [6, 6.07) is 7.99. The van der Waals surface area contributed by atoms with Crippen LogP contribution in [-0.2, 0) is 4.74 Å². The Morgan fingerprint density at radius 2 is 2.21 bits per heavy atom. The number of nitrogens with one attached hydrogen (secondary N) is 1. The van der Waals surface area contributed by atoms with Gasteiger partial charge in [-0.25, -0.2) is 4.79 Å². The highest BCUT2D eigenvalue weighted by atomic mass is 16.5. The third-order valence-corrected chi connectivity index (χ3v) is 4.63. The maximum Gasteiger partial charge on any atom is 0.317 e. The van der Waals surface area contributed by atoms with E-state index in [-0.39, 0.29) is 18.2 Å². The fourth-order valence-corrected chi connectivity index (χ4v) is 3.30. The lowest BCUT2D eigenvalue weighted by atomic mass is 10.2. The standard InChI is InChI=1S/C18H27N3O3/c1-3-21-13-15(24-17-9-5-4-8-16(17)21)12-20(2)18(22)19-11-14-7-6-10-23-14/h4-5,8-9,14-15H,3,6-7,10-13H2,1-2H3,(H,19,22)/t14-,15-/m1/s1. The van der Waals surface area contributed by atoms with Crippen molar-refractivity contribution in [1.29, 1.82) is 0 Å². The van der Waals surface area contributed by atoms with Gasteiger partial charge in [-0.15, -0.1) is 0 Å². The Hall–Kier alpha value is -1.95. The molecule has 6 heteroatoms. The fraction of sp³-hybridized carbons (Fsp3) is 0.611. The van der Waals surface area contributed by atoms with Crippen LogP contribution in [0.3, 0.4) is 0 Å². The molecule has 0 aliphatic carbocycles. The second-order valence-corrected chi connectivity index (χ2v) is 6.45. The number of ether oxygens (including phenoxy) is 2. The summed E-state index contributed by atoms with van der Waals surface area (Å²) in [5.41, 5.74) is 1.13. The summed E-state index contributed by atoms with van der Waals surface area (Å²) in [5, 5.41) is 2.95. The molecule has 1 saturated heterocycles. The Morgan fingerprint density at radius 1 is 1.38 bits per heavy atom. The second-order valence-electron chi connectivity index (χ2n) is 6.45. The zero-order valence-corrected chi connectivity index (χ0v) is 14.5. The summed E-state index contributed by atoms with van der Waals surface area (Å²) < 4.78 is 11.6. The Labute approximate surface area is 143 Å². The first-order valence-corrected chi connectivity index (χ1v) is 8.78. The minimum atomic E-state index is -0.0731. The molecular weight excluding hydrogens is 306 g/mol. The maximum atomic E-state index is 12.3. The number of hydrogen-bond donors (Lipinski definition) is 1. The molecule has 2 aliphatic heterocycles. The van der Waals surface area contributed by atoms with E-state index in [1.165, 1.54) is 0 Å². The normalized spacial score (nSPS) is 22.7. The van der Waals surface area contributed by atoms with Crippen molar-refractivity contribution < 1.29 is 14.3 Å². The number of carbonyl (C=O) groups excluding carboxylic acids is 1. The van der Waals surface area contributed by atoms with Crippen LogP contribution in [0, 0.1) is 0 Å². The van der Waals surface area contributed by atoms with Gasteiger partial charge in [0.15, 0.2) is 0 Å². The van der Waals surface area contributed by atoms with Crippen molar-refractivity contribution >= 4 is 11.7 Å². The molecule has 132 valence electrons. The minimum absolute atomic E-state index is 0.0293. The minimum Gasteiger partial charge on any atom is -0.485 e. The number of likely N-dealkylation sites (N-methyl/N-ethyl adjacent to an activating group) is 2. The Morgan fingerprint density at radius 3 is 2.96 bits per heavy atom. The molecule has 0 bridgehead atoms. The van der Waals surface area contributed by atoms with Gasteiger partial charge in [-0.05, 0) is 31.9 Å². The van der Waals surface area contributed by atoms with Crippen LogP contribution in [0.4, 0.5) is 10.5 Å². The molecule has 2 atom stereocenters. The molecule has 1 aromatic carbocycles. The van der Waals surface area contributed by atoms with Crippen molar-refractivity contribution in [1.82, 2.24) is 10.2 Å².